The van der Waals surface area contributed by atoms with Gasteiger partial charge in [0.25, 0.3) is 0 Å². The topological polar surface area (TPSA) is 71.3 Å². The van der Waals surface area contributed by atoms with Gasteiger partial charge in [-0.15, -0.1) is 0 Å². The van der Waals surface area contributed by atoms with E-state index in [1.807, 2.05) is 17.7 Å². The Morgan fingerprint density at radius 1 is 1.11 bits per heavy atom. The molecule has 0 spiro atoms. The summed E-state index contributed by atoms with van der Waals surface area (Å²) in [5, 5.41) is 6.58. The van der Waals surface area contributed by atoms with E-state index in [4.69, 9.17) is 0 Å². The number of nitrogens with zero attached hydrogens (tertiary/aromatic N) is 3. The SMILES string of the molecule is Cn1c(=O)n(C2CCC(=O)NC2)c2cccc(CN3C[C@H]4CC[C@@H](C3)N4)c21. The van der Waals surface area contributed by atoms with Crippen LogP contribution in [-0.2, 0) is 18.4 Å². The lowest BCUT2D eigenvalue weighted by atomic mass is 10.1. The van der Waals surface area contributed by atoms with Crippen LogP contribution in [0.25, 0.3) is 11.0 Å². The Morgan fingerprint density at radius 3 is 2.59 bits per heavy atom. The number of hydrogen-bond donors (Lipinski definition) is 2. The Kier molecular flexibility index (Phi) is 4.09. The number of piperazine rings is 1. The molecule has 1 aromatic heterocycles. The smallest absolute Gasteiger partial charge is 0.329 e. The van der Waals surface area contributed by atoms with Gasteiger partial charge >= 0.3 is 5.69 Å². The molecule has 0 aliphatic carbocycles. The monoisotopic (exact) mass is 369 g/mol. The Balaban J connectivity index is 1.50. The summed E-state index contributed by atoms with van der Waals surface area (Å²) >= 11 is 0. The first-order valence-corrected chi connectivity index (χ1v) is 10.0. The van der Waals surface area contributed by atoms with Crippen molar-refractivity contribution in [3.8, 4) is 0 Å². The summed E-state index contributed by atoms with van der Waals surface area (Å²) in [5.41, 5.74) is 3.25. The van der Waals surface area contributed by atoms with Crippen molar-refractivity contribution in [2.24, 2.45) is 7.05 Å². The van der Waals surface area contributed by atoms with Crippen LogP contribution in [0.3, 0.4) is 0 Å². The number of imidazole rings is 1. The zero-order chi connectivity index (χ0) is 18.5. The molecular weight excluding hydrogens is 342 g/mol. The van der Waals surface area contributed by atoms with Crippen LogP contribution >= 0.6 is 0 Å². The highest BCUT2D eigenvalue weighted by Gasteiger charge is 2.32. The van der Waals surface area contributed by atoms with Crippen molar-refractivity contribution < 1.29 is 4.79 Å². The minimum Gasteiger partial charge on any atom is -0.354 e. The number of carbonyl (C=O) groups is 1. The number of para-hydroxylation sites is 1. The lowest BCUT2D eigenvalue weighted by Gasteiger charge is -2.33. The van der Waals surface area contributed by atoms with Gasteiger partial charge in [0.15, 0.2) is 0 Å². The van der Waals surface area contributed by atoms with Crippen LogP contribution in [0.4, 0.5) is 0 Å². The number of benzene rings is 1. The molecular formula is C20H27N5O2. The molecule has 2 aromatic rings. The molecule has 2 bridgehead atoms. The summed E-state index contributed by atoms with van der Waals surface area (Å²) in [5.74, 6) is 0.0774. The van der Waals surface area contributed by atoms with Gasteiger partial charge in [-0.3, -0.25) is 18.8 Å². The first-order chi connectivity index (χ1) is 13.1. The average molecular weight is 369 g/mol. The minimum atomic E-state index is 0.0129. The molecule has 3 atom stereocenters. The van der Waals surface area contributed by atoms with E-state index in [0.717, 1.165) is 37.1 Å². The van der Waals surface area contributed by atoms with Gasteiger partial charge in [0.1, 0.15) is 0 Å². The van der Waals surface area contributed by atoms with E-state index < -0.39 is 0 Å². The lowest BCUT2D eigenvalue weighted by Crippen LogP contribution is -2.50. The molecule has 4 heterocycles. The van der Waals surface area contributed by atoms with Crippen LogP contribution in [0.15, 0.2) is 23.0 Å². The molecule has 2 N–H and O–H groups in total. The molecule has 1 amide bonds. The Hall–Kier alpha value is -2.12. The molecule has 3 aliphatic rings. The quantitative estimate of drug-likeness (QED) is 0.837. The summed E-state index contributed by atoms with van der Waals surface area (Å²) in [6.07, 6.45) is 3.74. The molecule has 3 aliphatic heterocycles. The second kappa shape index (κ2) is 6.49. The molecule has 3 saturated heterocycles. The molecule has 144 valence electrons. The zero-order valence-electron chi connectivity index (χ0n) is 15.8. The minimum absolute atomic E-state index is 0.0129. The number of likely N-dealkylation sites (tertiary alicyclic amines) is 1. The van der Waals surface area contributed by atoms with Crippen LogP contribution in [0.2, 0.25) is 0 Å². The number of fused-ring (bicyclic) bond motifs is 3. The van der Waals surface area contributed by atoms with E-state index in [-0.39, 0.29) is 17.6 Å². The van der Waals surface area contributed by atoms with Crippen LogP contribution < -0.4 is 16.3 Å². The van der Waals surface area contributed by atoms with Gasteiger partial charge in [-0.2, -0.15) is 0 Å². The molecule has 1 unspecified atom stereocenters. The summed E-state index contributed by atoms with van der Waals surface area (Å²) in [6.45, 7) is 3.57. The van der Waals surface area contributed by atoms with E-state index >= 15 is 0 Å². The van der Waals surface area contributed by atoms with Crippen molar-refractivity contribution in [3.63, 3.8) is 0 Å². The van der Waals surface area contributed by atoms with Gasteiger partial charge < -0.3 is 10.6 Å². The molecule has 0 saturated carbocycles. The normalized spacial score (nSPS) is 28.6. The highest BCUT2D eigenvalue weighted by atomic mass is 16.2. The van der Waals surface area contributed by atoms with E-state index in [2.05, 4.69) is 27.7 Å². The fourth-order valence-corrected chi connectivity index (χ4v) is 5.20. The number of amides is 1. The van der Waals surface area contributed by atoms with Gasteiger partial charge in [-0.05, 0) is 30.9 Å². The zero-order valence-corrected chi connectivity index (χ0v) is 15.8. The van der Waals surface area contributed by atoms with Gasteiger partial charge in [-0.25, -0.2) is 4.79 Å². The van der Waals surface area contributed by atoms with Crippen molar-refractivity contribution in [2.75, 3.05) is 19.6 Å². The fourth-order valence-electron chi connectivity index (χ4n) is 5.20. The van der Waals surface area contributed by atoms with Crippen LogP contribution in [0.5, 0.6) is 0 Å². The first-order valence-electron chi connectivity index (χ1n) is 10.0. The number of aryl methyl sites for hydroxylation is 1. The molecule has 27 heavy (non-hydrogen) atoms. The maximum absolute atomic E-state index is 13.0. The van der Waals surface area contributed by atoms with Crippen LogP contribution in [0, 0.1) is 0 Å². The van der Waals surface area contributed by atoms with Crippen molar-refractivity contribution in [2.45, 2.75) is 50.4 Å². The van der Waals surface area contributed by atoms with Crippen molar-refractivity contribution >= 4 is 16.9 Å². The lowest BCUT2D eigenvalue weighted by molar-refractivity contribution is -0.122. The summed E-state index contributed by atoms with van der Waals surface area (Å²) in [7, 11) is 1.87. The van der Waals surface area contributed by atoms with Gasteiger partial charge in [0.05, 0.1) is 17.1 Å². The predicted molar refractivity (Wildman–Crippen MR) is 104 cm³/mol. The van der Waals surface area contributed by atoms with E-state index in [0.29, 0.717) is 25.0 Å². The summed E-state index contributed by atoms with van der Waals surface area (Å²) in [4.78, 5) is 27.1. The van der Waals surface area contributed by atoms with Gasteiger partial charge in [0.2, 0.25) is 5.91 Å². The number of piperidine rings is 1. The van der Waals surface area contributed by atoms with E-state index in [1.165, 1.54) is 18.4 Å². The number of hydrogen-bond acceptors (Lipinski definition) is 4. The van der Waals surface area contributed by atoms with E-state index in [1.54, 1.807) is 4.57 Å². The third-order valence-corrected chi connectivity index (χ3v) is 6.48. The molecule has 7 heteroatoms. The highest BCUT2D eigenvalue weighted by Crippen LogP contribution is 2.27. The number of rotatable bonds is 3. The first kappa shape index (κ1) is 17.0. The number of aromatic nitrogens is 2. The molecule has 3 fully saturated rings. The maximum Gasteiger partial charge on any atom is 0.329 e. The molecule has 7 nitrogen and oxygen atoms in total. The van der Waals surface area contributed by atoms with Gasteiger partial charge in [0, 0.05) is 51.7 Å². The second-order valence-electron chi connectivity index (χ2n) is 8.32. The Labute approximate surface area is 158 Å². The molecule has 0 radical (unpaired) electrons. The third kappa shape index (κ3) is 2.89. The highest BCUT2D eigenvalue weighted by molar-refractivity contribution is 5.80. The Bertz CT molecular complexity index is 924. The molecule has 5 rings (SSSR count). The van der Waals surface area contributed by atoms with Crippen molar-refractivity contribution in [1.29, 1.82) is 0 Å². The van der Waals surface area contributed by atoms with E-state index in [9.17, 15) is 9.59 Å². The fraction of sp³-hybridized carbons (Fsp3) is 0.600. The standard InChI is InChI=1S/C20H27N5O2/c1-23-19-13(10-24-11-14-5-6-15(12-24)22-14)3-2-4-17(19)25(20(23)27)16-7-8-18(26)21-9-16/h2-4,14-16,22H,5-12H2,1H3,(H,21,26)/t14-,15+,16?. The number of carbonyl (C=O) groups excluding carboxylic acids is 1. The maximum atomic E-state index is 13.0. The largest absolute Gasteiger partial charge is 0.354 e. The summed E-state index contributed by atoms with van der Waals surface area (Å²) < 4.78 is 3.68. The van der Waals surface area contributed by atoms with Crippen molar-refractivity contribution in [1.82, 2.24) is 24.7 Å². The van der Waals surface area contributed by atoms with Gasteiger partial charge in [-0.1, -0.05) is 12.1 Å². The van der Waals surface area contributed by atoms with Crippen LogP contribution in [0.1, 0.15) is 37.3 Å². The average Bonchev–Trinajstić information content (AvgIpc) is 3.13. The Morgan fingerprint density at radius 2 is 1.89 bits per heavy atom. The summed E-state index contributed by atoms with van der Waals surface area (Å²) in [6, 6.07) is 7.51. The second-order valence-corrected chi connectivity index (χ2v) is 8.32. The van der Waals surface area contributed by atoms with Crippen molar-refractivity contribution in [3.05, 3.63) is 34.2 Å². The molecule has 1 aromatic carbocycles. The van der Waals surface area contributed by atoms with Crippen LogP contribution in [-0.4, -0.2) is 51.7 Å². The predicted octanol–water partition coefficient (Wildman–Crippen LogP) is 0.727. The number of nitrogens with one attached hydrogen (secondary N) is 2. The third-order valence-electron chi connectivity index (χ3n) is 6.48.